The van der Waals surface area contributed by atoms with Gasteiger partial charge in [0, 0.05) is 23.7 Å². The Kier molecular flexibility index (Phi) is 0.603. The fraction of sp³-hybridized carbons (Fsp3) is 0.889. The summed E-state index contributed by atoms with van der Waals surface area (Å²) in [5.74, 6) is -1.46. The molecule has 2 heteroatoms. The molecule has 1 saturated carbocycles. The van der Waals surface area contributed by atoms with Crippen molar-refractivity contribution < 1.29 is 20.5 Å². The first-order chi connectivity index (χ1) is 8.32. The van der Waals surface area contributed by atoms with Crippen LogP contribution in [0.25, 0.3) is 0 Å². The van der Waals surface area contributed by atoms with Crippen LogP contribution in [0, 0.1) is 0 Å². The molecule has 0 amide bonds. The van der Waals surface area contributed by atoms with Gasteiger partial charge in [0.2, 0.25) is 0 Å². The van der Waals surface area contributed by atoms with Gasteiger partial charge in [0.25, 0.3) is 0 Å². The second kappa shape index (κ2) is 2.59. The fourth-order valence-electron chi connectivity index (χ4n) is 1.18. The number of carbonyl (C=O) groups is 1. The van der Waals surface area contributed by atoms with Crippen molar-refractivity contribution in [1.82, 2.24) is 0 Å². The number of Topliss-reactive ketones (excluding diaryl/α,β-unsaturated/α-hetero) is 1. The van der Waals surface area contributed by atoms with Crippen LogP contribution >= 0.6 is 0 Å². The molecule has 1 aliphatic heterocycles. The zero-order valence-electron chi connectivity index (χ0n) is 13.9. The third kappa shape index (κ3) is 1.32. The molecule has 2 fully saturated rings. The highest BCUT2D eigenvalue weighted by molar-refractivity contribution is 5.80. The highest BCUT2D eigenvalue weighted by Crippen LogP contribution is 2.38. The molecule has 62 valence electrons. The Morgan fingerprint density at radius 1 is 1.45 bits per heavy atom. The van der Waals surface area contributed by atoms with Gasteiger partial charge in [0.15, 0.2) is 0 Å². The third-order valence-corrected chi connectivity index (χ3v) is 1.68. The van der Waals surface area contributed by atoms with Gasteiger partial charge < -0.3 is 4.74 Å². The summed E-state index contributed by atoms with van der Waals surface area (Å²) in [6, 6.07) is 0. The maximum Gasteiger partial charge on any atom is 0.138 e. The fourth-order valence-corrected chi connectivity index (χ4v) is 1.18. The summed E-state index contributed by atoms with van der Waals surface area (Å²) in [5.41, 5.74) is -2.60. The molecule has 0 N–H and O–H groups in total. The first-order valence-corrected chi connectivity index (χ1v) is 3.51. The summed E-state index contributed by atoms with van der Waals surface area (Å²) in [6.45, 7) is -0.843. The molecule has 0 atom stereocenters. The van der Waals surface area contributed by atoms with Gasteiger partial charge in [-0.2, -0.15) is 0 Å². The van der Waals surface area contributed by atoms with Gasteiger partial charge in [0.1, 0.15) is 5.78 Å². The Morgan fingerprint density at radius 3 is 2.91 bits per heavy atom. The minimum Gasteiger partial charge on any atom is -0.374 e. The van der Waals surface area contributed by atoms with Crippen LogP contribution in [0.2, 0.25) is 0 Å². The van der Waals surface area contributed by atoms with Gasteiger partial charge in [-0.15, -0.1) is 0 Å². The van der Waals surface area contributed by atoms with Crippen LogP contribution in [0.15, 0.2) is 0 Å². The van der Waals surface area contributed by atoms with E-state index in [9.17, 15) is 4.79 Å². The van der Waals surface area contributed by atoms with Crippen LogP contribution in [-0.2, 0) is 9.53 Å². The summed E-state index contributed by atoms with van der Waals surface area (Å²) in [4.78, 5) is 11.9. The van der Waals surface area contributed by atoms with Crippen LogP contribution in [0.5, 0.6) is 0 Å². The molecule has 1 saturated heterocycles. The van der Waals surface area contributed by atoms with Crippen molar-refractivity contribution in [2.45, 2.75) is 43.9 Å². The number of hydrogen-bond acceptors (Lipinski definition) is 2. The summed E-state index contributed by atoms with van der Waals surface area (Å²) in [6.07, 6.45) is -11.0. The van der Waals surface area contributed by atoms with Gasteiger partial charge in [-0.1, -0.05) is 12.8 Å². The van der Waals surface area contributed by atoms with Crippen LogP contribution in [0.3, 0.4) is 0 Å². The number of ketones is 1. The molecule has 1 aliphatic carbocycles. The van der Waals surface area contributed by atoms with Gasteiger partial charge in [-0.05, 0) is 12.7 Å². The Hall–Kier alpha value is -0.370. The molecule has 0 aromatic heterocycles. The number of rotatable bonds is 0. The second-order valence-electron chi connectivity index (χ2n) is 2.45. The Labute approximate surface area is 78.2 Å². The molecule has 2 aliphatic rings. The lowest BCUT2D eigenvalue weighted by Gasteiger charge is -2.32. The summed E-state index contributed by atoms with van der Waals surface area (Å²) in [5, 5.41) is 0. The van der Waals surface area contributed by atoms with E-state index in [1.165, 1.54) is 0 Å². The lowest BCUT2D eigenvalue weighted by molar-refractivity contribution is -0.139. The normalized spacial score (nSPS) is 58.7. The third-order valence-electron chi connectivity index (χ3n) is 1.68. The molecule has 0 unspecified atom stereocenters. The highest BCUT2D eigenvalue weighted by atomic mass is 16.5. The number of carbonyl (C=O) groups excluding carboxylic acids is 1. The molecule has 1 spiro atoms. The molecule has 0 aromatic rings. The lowest BCUT2D eigenvalue weighted by Crippen LogP contribution is -2.37. The van der Waals surface area contributed by atoms with E-state index in [-0.39, 0.29) is 12.8 Å². The zero-order valence-corrected chi connectivity index (χ0v) is 5.94. The minimum atomic E-state index is -3.07. The molecular formula is C9H14O2. The number of hydrogen-bond donors (Lipinski definition) is 0. The molecule has 2 nitrogen and oxygen atoms in total. The second-order valence-corrected chi connectivity index (χ2v) is 2.45. The van der Waals surface area contributed by atoms with Gasteiger partial charge >= 0.3 is 0 Å². The topological polar surface area (TPSA) is 26.3 Å². The van der Waals surface area contributed by atoms with E-state index in [0.29, 0.717) is 0 Å². The maximum atomic E-state index is 11.9. The van der Waals surface area contributed by atoms with Crippen molar-refractivity contribution in [2.24, 2.45) is 0 Å². The summed E-state index contributed by atoms with van der Waals surface area (Å²) < 4.78 is 66.9. The van der Waals surface area contributed by atoms with Crippen molar-refractivity contribution in [3.8, 4) is 0 Å². The predicted octanol–water partition coefficient (Wildman–Crippen LogP) is 1.68. The predicted molar refractivity (Wildman–Crippen MR) is 41.4 cm³/mol. The highest BCUT2D eigenvalue weighted by Gasteiger charge is 2.39. The van der Waals surface area contributed by atoms with Gasteiger partial charge in [-0.25, -0.2) is 0 Å². The first-order valence-electron chi connectivity index (χ1n) is 7.51. The number of ether oxygens (including phenoxy) is 1. The molecule has 1 heterocycles. The lowest BCUT2D eigenvalue weighted by atomic mass is 9.91. The van der Waals surface area contributed by atoms with E-state index >= 15 is 0 Å². The van der Waals surface area contributed by atoms with Crippen LogP contribution < -0.4 is 0 Å². The van der Waals surface area contributed by atoms with E-state index in [1.807, 2.05) is 0 Å². The molecular weight excluding hydrogens is 140 g/mol. The van der Waals surface area contributed by atoms with Gasteiger partial charge in [0.05, 0.1) is 12.2 Å². The molecule has 0 radical (unpaired) electrons. The van der Waals surface area contributed by atoms with E-state index < -0.39 is 43.5 Å². The monoisotopic (exact) mass is 162 g/mol. The standard InChI is InChI=1S/C9H14O2/c10-8-3-6-11-9(7-8)4-1-2-5-9/h1-7H2/i3D2,4D2,5D2,7D2. The Bertz CT molecular complexity index is 414. The molecule has 11 heavy (non-hydrogen) atoms. The minimum absolute atomic E-state index is 0.282. The quantitative estimate of drug-likeness (QED) is 0.541. The van der Waals surface area contributed by atoms with E-state index in [2.05, 4.69) is 0 Å². The first kappa shape index (κ1) is 2.56. The Morgan fingerprint density at radius 2 is 2.18 bits per heavy atom. The molecule has 0 bridgehead atoms. The van der Waals surface area contributed by atoms with E-state index in [1.54, 1.807) is 0 Å². The molecule has 0 aromatic carbocycles. The van der Waals surface area contributed by atoms with E-state index in [0.717, 1.165) is 0 Å². The van der Waals surface area contributed by atoms with Gasteiger partial charge in [-0.3, -0.25) is 4.79 Å². The van der Waals surface area contributed by atoms with Crippen LogP contribution in [0.1, 0.15) is 49.3 Å². The van der Waals surface area contributed by atoms with E-state index in [4.69, 9.17) is 15.7 Å². The Balaban J connectivity index is 2.64. The van der Waals surface area contributed by atoms with Crippen molar-refractivity contribution in [3.05, 3.63) is 0 Å². The van der Waals surface area contributed by atoms with Crippen LogP contribution in [0.4, 0.5) is 0 Å². The van der Waals surface area contributed by atoms with Crippen molar-refractivity contribution >= 4 is 5.78 Å². The summed E-state index contributed by atoms with van der Waals surface area (Å²) >= 11 is 0. The van der Waals surface area contributed by atoms with Crippen LogP contribution in [-0.4, -0.2) is 18.0 Å². The average Bonchev–Trinajstić information content (AvgIpc) is 2.41. The zero-order chi connectivity index (χ0) is 14.9. The average molecular weight is 162 g/mol. The summed E-state index contributed by atoms with van der Waals surface area (Å²) in [7, 11) is 0. The van der Waals surface area contributed by atoms with Crippen molar-refractivity contribution in [3.63, 3.8) is 0 Å². The maximum absolute atomic E-state index is 11.9. The smallest absolute Gasteiger partial charge is 0.138 e. The van der Waals surface area contributed by atoms with Crippen molar-refractivity contribution in [1.29, 1.82) is 0 Å². The SMILES string of the molecule is [2H]C1([2H])COC2(C([2H])([2H])CCC2([2H])[2H])C([2H])([2H])C1=O. The molecule has 2 rings (SSSR count). The van der Waals surface area contributed by atoms with Crippen molar-refractivity contribution in [2.75, 3.05) is 6.61 Å². The largest absolute Gasteiger partial charge is 0.374 e.